The fourth-order valence-corrected chi connectivity index (χ4v) is 3.48. The molecule has 120 valence electrons. The smallest absolute Gasteiger partial charge is 0.336 e. The molecule has 1 atom stereocenters. The van der Waals surface area contributed by atoms with Gasteiger partial charge < -0.3 is 10.1 Å². The molecule has 0 bridgehead atoms. The number of ketones is 1. The van der Waals surface area contributed by atoms with Crippen LogP contribution in [0.1, 0.15) is 37.7 Å². The van der Waals surface area contributed by atoms with E-state index < -0.39 is 11.9 Å². The van der Waals surface area contributed by atoms with E-state index in [2.05, 4.69) is 5.32 Å². The van der Waals surface area contributed by atoms with Crippen LogP contribution in [0.2, 0.25) is 5.02 Å². The number of hydrogen-bond acceptors (Lipinski definition) is 4. The highest BCUT2D eigenvalue weighted by molar-refractivity contribution is 6.30. The zero-order valence-electron chi connectivity index (χ0n) is 13.1. The lowest BCUT2D eigenvalue weighted by Crippen LogP contribution is -2.34. The number of halogens is 1. The highest BCUT2D eigenvalue weighted by Gasteiger charge is 2.38. The molecular weight excluding hydrogens is 314 g/mol. The number of carbonyl (C=O) groups excluding carboxylic acids is 2. The summed E-state index contributed by atoms with van der Waals surface area (Å²) in [5.41, 5.74) is 3.71. The second kappa shape index (κ2) is 6.20. The van der Waals surface area contributed by atoms with E-state index in [0.717, 1.165) is 29.8 Å². The van der Waals surface area contributed by atoms with Crippen molar-refractivity contribution in [2.75, 3.05) is 7.11 Å². The summed E-state index contributed by atoms with van der Waals surface area (Å²) in [4.78, 5) is 24.9. The van der Waals surface area contributed by atoms with Gasteiger partial charge in [-0.25, -0.2) is 4.79 Å². The fraction of sp³-hybridized carbons (Fsp3) is 0.333. The highest BCUT2D eigenvalue weighted by Crippen LogP contribution is 2.42. The molecule has 0 radical (unpaired) electrons. The van der Waals surface area contributed by atoms with E-state index in [4.69, 9.17) is 16.3 Å². The molecule has 0 saturated carbocycles. The summed E-state index contributed by atoms with van der Waals surface area (Å²) in [6, 6.07) is 7.27. The normalized spacial score (nSPS) is 21.0. The lowest BCUT2D eigenvalue weighted by atomic mass is 9.75. The predicted molar refractivity (Wildman–Crippen MR) is 87.9 cm³/mol. The van der Waals surface area contributed by atoms with E-state index in [9.17, 15) is 9.59 Å². The Hall–Kier alpha value is -2.07. The average molecular weight is 332 g/mol. The standard InChI is InChI=1S/C18H18ClNO3/c1-10-15(18(22)23-2)16(11-6-8-12(19)9-7-11)17-13(20-10)4-3-5-14(17)21/h6-9,16,20H,3-5H2,1-2H3. The topological polar surface area (TPSA) is 55.4 Å². The van der Waals surface area contributed by atoms with Gasteiger partial charge in [-0.2, -0.15) is 0 Å². The third-order valence-corrected chi connectivity index (χ3v) is 4.64. The molecule has 23 heavy (non-hydrogen) atoms. The van der Waals surface area contributed by atoms with E-state index >= 15 is 0 Å². The van der Waals surface area contributed by atoms with Crippen molar-refractivity contribution in [2.24, 2.45) is 0 Å². The SMILES string of the molecule is COC(=O)C1=C(C)NC2=C(C(=O)CCC2)C1c1ccc(Cl)cc1. The number of carbonyl (C=O) groups is 2. The molecule has 0 aromatic heterocycles. The van der Waals surface area contributed by atoms with Gasteiger partial charge in [-0.15, -0.1) is 0 Å². The lowest BCUT2D eigenvalue weighted by molar-refractivity contribution is -0.136. The van der Waals surface area contributed by atoms with Crippen molar-refractivity contribution in [3.8, 4) is 0 Å². The van der Waals surface area contributed by atoms with E-state index in [1.165, 1.54) is 7.11 Å². The van der Waals surface area contributed by atoms with Crippen LogP contribution in [0.4, 0.5) is 0 Å². The third-order valence-electron chi connectivity index (χ3n) is 4.38. The Balaban J connectivity index is 2.18. The second-order valence-corrected chi connectivity index (χ2v) is 6.25. The zero-order valence-corrected chi connectivity index (χ0v) is 13.9. The van der Waals surface area contributed by atoms with Crippen molar-refractivity contribution in [1.82, 2.24) is 5.32 Å². The maximum atomic E-state index is 12.5. The van der Waals surface area contributed by atoms with E-state index in [-0.39, 0.29) is 5.78 Å². The maximum Gasteiger partial charge on any atom is 0.336 e. The number of allylic oxidation sites excluding steroid dienone is 3. The Kier molecular flexibility index (Phi) is 4.26. The van der Waals surface area contributed by atoms with Gasteiger partial charge in [0.15, 0.2) is 5.78 Å². The number of benzene rings is 1. The minimum absolute atomic E-state index is 0.0904. The Labute approximate surface area is 140 Å². The molecule has 0 spiro atoms. The Morgan fingerprint density at radius 3 is 2.61 bits per heavy atom. The molecule has 3 rings (SSSR count). The van der Waals surface area contributed by atoms with Gasteiger partial charge in [0.2, 0.25) is 0 Å². The minimum atomic E-state index is -0.417. The molecule has 1 aromatic carbocycles. The lowest BCUT2D eigenvalue weighted by Gasteiger charge is -2.34. The molecule has 1 aliphatic carbocycles. The molecular formula is C18H18ClNO3. The number of dihydropyridines is 1. The Morgan fingerprint density at radius 1 is 1.26 bits per heavy atom. The van der Waals surface area contributed by atoms with Crippen molar-refractivity contribution >= 4 is 23.4 Å². The molecule has 1 unspecified atom stereocenters. The molecule has 1 aliphatic heterocycles. The van der Waals surface area contributed by atoms with Crippen LogP contribution in [0.15, 0.2) is 46.8 Å². The first kappa shape index (κ1) is 15.8. The van der Waals surface area contributed by atoms with Crippen molar-refractivity contribution in [3.63, 3.8) is 0 Å². The van der Waals surface area contributed by atoms with Crippen LogP contribution in [0.25, 0.3) is 0 Å². The Bertz CT molecular complexity index is 731. The van der Waals surface area contributed by atoms with Gasteiger partial charge in [0.05, 0.1) is 12.7 Å². The largest absolute Gasteiger partial charge is 0.466 e. The summed E-state index contributed by atoms with van der Waals surface area (Å²) in [5.74, 6) is -0.726. The number of nitrogens with one attached hydrogen (secondary N) is 1. The number of ether oxygens (including phenoxy) is 1. The van der Waals surface area contributed by atoms with Crippen LogP contribution in [0.5, 0.6) is 0 Å². The number of rotatable bonds is 2. The van der Waals surface area contributed by atoms with Gasteiger partial charge in [0.25, 0.3) is 0 Å². The van der Waals surface area contributed by atoms with Crippen molar-refractivity contribution in [2.45, 2.75) is 32.1 Å². The number of hydrogen-bond donors (Lipinski definition) is 1. The van der Waals surface area contributed by atoms with E-state index in [0.29, 0.717) is 22.6 Å². The second-order valence-electron chi connectivity index (χ2n) is 5.81. The summed E-state index contributed by atoms with van der Waals surface area (Å²) in [6.45, 7) is 1.85. The number of methoxy groups -OCH3 is 1. The van der Waals surface area contributed by atoms with E-state index in [1.807, 2.05) is 19.1 Å². The van der Waals surface area contributed by atoms with Gasteiger partial charge in [-0.3, -0.25) is 4.79 Å². The van der Waals surface area contributed by atoms with Crippen LogP contribution in [-0.2, 0) is 14.3 Å². The molecule has 0 fully saturated rings. The Morgan fingerprint density at radius 2 is 1.96 bits per heavy atom. The van der Waals surface area contributed by atoms with Crippen LogP contribution >= 0.6 is 11.6 Å². The molecule has 0 saturated heterocycles. The average Bonchev–Trinajstić information content (AvgIpc) is 2.54. The molecule has 0 amide bonds. The highest BCUT2D eigenvalue weighted by atomic mass is 35.5. The van der Waals surface area contributed by atoms with Crippen LogP contribution in [-0.4, -0.2) is 18.9 Å². The molecule has 1 aromatic rings. The predicted octanol–water partition coefficient (Wildman–Crippen LogP) is 3.48. The quantitative estimate of drug-likeness (QED) is 0.843. The number of Topliss-reactive ketones (excluding diaryl/α,β-unsaturated/α-hetero) is 1. The van der Waals surface area contributed by atoms with Gasteiger partial charge in [0.1, 0.15) is 0 Å². The summed E-state index contributed by atoms with van der Waals surface area (Å²) in [5, 5.41) is 3.85. The molecule has 1 heterocycles. The molecule has 5 heteroatoms. The van der Waals surface area contributed by atoms with Gasteiger partial charge in [-0.1, -0.05) is 23.7 Å². The van der Waals surface area contributed by atoms with Crippen molar-refractivity contribution < 1.29 is 14.3 Å². The maximum absolute atomic E-state index is 12.5. The van der Waals surface area contributed by atoms with Gasteiger partial charge in [-0.05, 0) is 37.5 Å². The van der Waals surface area contributed by atoms with Crippen LogP contribution < -0.4 is 5.32 Å². The zero-order chi connectivity index (χ0) is 16.6. The summed E-state index contributed by atoms with van der Waals surface area (Å²) < 4.78 is 4.95. The van der Waals surface area contributed by atoms with Crippen molar-refractivity contribution in [1.29, 1.82) is 0 Å². The first-order chi connectivity index (χ1) is 11.0. The fourth-order valence-electron chi connectivity index (χ4n) is 3.35. The summed E-state index contributed by atoms with van der Waals surface area (Å²) in [6.07, 6.45) is 2.16. The first-order valence-corrected chi connectivity index (χ1v) is 7.98. The molecule has 1 N–H and O–H groups in total. The third kappa shape index (κ3) is 2.79. The monoisotopic (exact) mass is 331 g/mol. The summed E-state index contributed by atoms with van der Waals surface area (Å²) in [7, 11) is 1.36. The van der Waals surface area contributed by atoms with Crippen LogP contribution in [0.3, 0.4) is 0 Å². The van der Waals surface area contributed by atoms with Crippen LogP contribution in [0, 0.1) is 0 Å². The molecule has 2 aliphatic rings. The molecule has 4 nitrogen and oxygen atoms in total. The minimum Gasteiger partial charge on any atom is -0.466 e. The van der Waals surface area contributed by atoms with E-state index in [1.54, 1.807) is 12.1 Å². The first-order valence-electron chi connectivity index (χ1n) is 7.60. The number of esters is 1. The summed E-state index contributed by atoms with van der Waals surface area (Å²) >= 11 is 5.98. The van der Waals surface area contributed by atoms with Gasteiger partial charge in [0, 0.05) is 34.3 Å². The van der Waals surface area contributed by atoms with Crippen molar-refractivity contribution in [3.05, 3.63) is 57.4 Å². The van der Waals surface area contributed by atoms with Gasteiger partial charge >= 0.3 is 5.97 Å².